The number of rotatable bonds is 6. The fourth-order valence-electron chi connectivity index (χ4n) is 9.88. The second-order valence-electron chi connectivity index (χ2n) is 16.1. The molecule has 0 spiro atoms. The highest BCUT2D eigenvalue weighted by atomic mass is 16.3. The van der Waals surface area contributed by atoms with E-state index in [0.717, 1.165) is 55.9 Å². The number of hydrogen-bond donors (Lipinski definition) is 0. The molecule has 0 aliphatic carbocycles. The van der Waals surface area contributed by atoms with Gasteiger partial charge in [0.05, 0.1) is 22.1 Å². The summed E-state index contributed by atoms with van der Waals surface area (Å²) in [4.78, 5) is 2.37. The summed E-state index contributed by atoms with van der Waals surface area (Å²) in [5.41, 5.74) is 14.4. The van der Waals surface area contributed by atoms with E-state index in [1.165, 1.54) is 59.9 Å². The monoisotopic (exact) mass is 791 g/mol. The number of hydrogen-bond acceptors (Lipinski definition) is 2. The number of para-hydroxylation sites is 4. The van der Waals surface area contributed by atoms with E-state index in [2.05, 4.69) is 226 Å². The average molecular weight is 792 g/mol. The number of anilines is 3. The van der Waals surface area contributed by atoms with Crippen LogP contribution < -0.4 is 4.90 Å². The summed E-state index contributed by atoms with van der Waals surface area (Å²) in [5, 5.41) is 9.73. The van der Waals surface area contributed by atoms with Crippen LogP contribution in [0.25, 0.3) is 98.8 Å². The van der Waals surface area contributed by atoms with Crippen LogP contribution in [-0.4, -0.2) is 9.13 Å². The quantitative estimate of drug-likeness (QED) is 0.168. The normalized spacial score (nSPS) is 11.9. The largest absolute Gasteiger partial charge is 0.456 e. The third-order valence-corrected chi connectivity index (χ3v) is 12.7. The predicted octanol–water partition coefficient (Wildman–Crippen LogP) is 16.1. The van der Waals surface area contributed by atoms with Gasteiger partial charge in [-0.1, -0.05) is 127 Å². The van der Waals surface area contributed by atoms with Gasteiger partial charge in [-0.2, -0.15) is 0 Å². The number of nitrogens with zero attached hydrogens (tertiary/aromatic N) is 3. The summed E-state index contributed by atoms with van der Waals surface area (Å²) in [6.07, 6.45) is 0. The van der Waals surface area contributed by atoms with E-state index in [1.54, 1.807) is 0 Å². The molecule has 4 nitrogen and oxygen atoms in total. The molecule has 290 valence electrons. The molecule has 0 amide bonds. The van der Waals surface area contributed by atoms with Gasteiger partial charge < -0.3 is 18.5 Å². The Balaban J connectivity index is 0.926. The first-order chi connectivity index (χ1) is 30.7. The summed E-state index contributed by atoms with van der Waals surface area (Å²) in [6, 6.07) is 81.0. The SMILES string of the molecule is c1ccc(-n2c3ccccc3c3cc(N(c4ccc(-c5ccc(-n6c7ccccc7c7c8ccccc8ccc76)cc5)cc4)c4ccc5oc6ccccc6c5c4)ccc32)cc1. The molecule has 0 radical (unpaired) electrons. The summed E-state index contributed by atoms with van der Waals surface area (Å²) < 4.78 is 11.0. The van der Waals surface area contributed by atoms with Gasteiger partial charge in [0.25, 0.3) is 0 Å². The molecule has 0 N–H and O–H groups in total. The number of fused-ring (bicyclic) bond motifs is 11. The van der Waals surface area contributed by atoms with E-state index in [-0.39, 0.29) is 0 Å². The summed E-state index contributed by atoms with van der Waals surface area (Å²) in [6.45, 7) is 0. The molecule has 0 aliphatic rings. The van der Waals surface area contributed by atoms with Crippen molar-refractivity contribution in [2.45, 2.75) is 0 Å². The standard InChI is InChI=1S/C58H37N3O/c1-2-13-41(14-3-1)60-52-19-9-6-16-47(52)50-36-44(31-34-54(50)60)59(45-32-35-57-51(37-45)48-17-8-11-21-56(48)62-57)42-27-22-38(23-28-42)39-24-29-43(30-25-39)61-53-20-10-7-18-49(53)58-46-15-5-4-12-40(46)26-33-55(58)61/h1-37H. The Morgan fingerprint density at radius 3 is 1.61 bits per heavy atom. The zero-order chi connectivity index (χ0) is 40.7. The van der Waals surface area contributed by atoms with Crippen molar-refractivity contribution in [3.8, 4) is 22.5 Å². The highest BCUT2D eigenvalue weighted by Crippen LogP contribution is 2.43. The lowest BCUT2D eigenvalue weighted by molar-refractivity contribution is 0.669. The summed E-state index contributed by atoms with van der Waals surface area (Å²) in [7, 11) is 0. The highest BCUT2D eigenvalue weighted by molar-refractivity contribution is 6.21. The van der Waals surface area contributed by atoms with E-state index >= 15 is 0 Å². The molecule has 13 aromatic rings. The maximum Gasteiger partial charge on any atom is 0.135 e. The van der Waals surface area contributed by atoms with E-state index in [9.17, 15) is 0 Å². The van der Waals surface area contributed by atoms with Crippen LogP contribution in [0.15, 0.2) is 229 Å². The molecule has 62 heavy (non-hydrogen) atoms. The van der Waals surface area contributed by atoms with Crippen LogP contribution in [0.1, 0.15) is 0 Å². The molecule has 0 saturated heterocycles. The molecule has 3 heterocycles. The molecule has 0 saturated carbocycles. The van der Waals surface area contributed by atoms with E-state index in [0.29, 0.717) is 0 Å². The van der Waals surface area contributed by atoms with Crippen molar-refractivity contribution in [3.63, 3.8) is 0 Å². The minimum absolute atomic E-state index is 0.879. The molecule has 4 heteroatoms. The minimum atomic E-state index is 0.879. The number of aromatic nitrogens is 2. The van der Waals surface area contributed by atoms with Crippen molar-refractivity contribution in [2.75, 3.05) is 4.90 Å². The topological polar surface area (TPSA) is 26.2 Å². The van der Waals surface area contributed by atoms with Crippen molar-refractivity contribution in [1.29, 1.82) is 0 Å². The third-order valence-electron chi connectivity index (χ3n) is 12.7. The minimum Gasteiger partial charge on any atom is -0.456 e. The fourth-order valence-corrected chi connectivity index (χ4v) is 9.88. The van der Waals surface area contributed by atoms with Crippen LogP contribution in [-0.2, 0) is 0 Å². The number of benzene rings is 10. The van der Waals surface area contributed by atoms with Crippen LogP contribution in [0.5, 0.6) is 0 Å². The average Bonchev–Trinajstić information content (AvgIpc) is 4.00. The molecule has 0 unspecified atom stereocenters. The Hall–Kier alpha value is -8.34. The molecule has 0 aliphatic heterocycles. The van der Waals surface area contributed by atoms with Crippen molar-refractivity contribution >= 4 is 93.4 Å². The fraction of sp³-hybridized carbons (Fsp3) is 0. The lowest BCUT2D eigenvalue weighted by Crippen LogP contribution is -2.09. The Kier molecular flexibility index (Phi) is 7.57. The lowest BCUT2D eigenvalue weighted by atomic mass is 10.0. The van der Waals surface area contributed by atoms with Crippen molar-refractivity contribution in [3.05, 3.63) is 224 Å². The second-order valence-corrected chi connectivity index (χ2v) is 16.1. The van der Waals surface area contributed by atoms with E-state index in [4.69, 9.17) is 4.42 Å². The molecular formula is C58H37N3O. The second kappa shape index (κ2) is 13.6. The van der Waals surface area contributed by atoms with Gasteiger partial charge in [0.15, 0.2) is 0 Å². The van der Waals surface area contributed by atoms with Gasteiger partial charge in [0.1, 0.15) is 11.2 Å². The van der Waals surface area contributed by atoms with Crippen LogP contribution in [0.3, 0.4) is 0 Å². The molecule has 0 fully saturated rings. The van der Waals surface area contributed by atoms with Gasteiger partial charge >= 0.3 is 0 Å². The Morgan fingerprint density at radius 2 is 0.823 bits per heavy atom. The van der Waals surface area contributed by atoms with E-state index in [1.807, 2.05) is 12.1 Å². The molecule has 10 aromatic carbocycles. The summed E-state index contributed by atoms with van der Waals surface area (Å²) in [5.74, 6) is 0. The predicted molar refractivity (Wildman–Crippen MR) is 260 cm³/mol. The first-order valence-corrected chi connectivity index (χ1v) is 21.2. The lowest BCUT2D eigenvalue weighted by Gasteiger charge is -2.26. The zero-order valence-corrected chi connectivity index (χ0v) is 33.6. The van der Waals surface area contributed by atoms with Crippen LogP contribution in [0, 0.1) is 0 Å². The van der Waals surface area contributed by atoms with Gasteiger partial charge in [0.2, 0.25) is 0 Å². The Bertz CT molecular complexity index is 3850. The van der Waals surface area contributed by atoms with E-state index < -0.39 is 0 Å². The van der Waals surface area contributed by atoms with Crippen LogP contribution >= 0.6 is 0 Å². The molecular weight excluding hydrogens is 755 g/mol. The Morgan fingerprint density at radius 1 is 0.306 bits per heavy atom. The first kappa shape index (κ1) is 34.5. The molecule has 0 bridgehead atoms. The molecule has 13 rings (SSSR count). The number of furan rings is 1. The maximum absolute atomic E-state index is 6.28. The summed E-state index contributed by atoms with van der Waals surface area (Å²) >= 11 is 0. The third kappa shape index (κ3) is 5.27. The first-order valence-electron chi connectivity index (χ1n) is 21.2. The molecule has 3 aromatic heterocycles. The van der Waals surface area contributed by atoms with Crippen LogP contribution in [0.4, 0.5) is 17.1 Å². The van der Waals surface area contributed by atoms with Crippen LogP contribution in [0.2, 0.25) is 0 Å². The highest BCUT2D eigenvalue weighted by Gasteiger charge is 2.20. The van der Waals surface area contributed by atoms with Crippen molar-refractivity contribution < 1.29 is 4.42 Å². The maximum atomic E-state index is 6.28. The van der Waals surface area contributed by atoms with Gasteiger partial charge in [-0.05, 0) is 119 Å². The Labute approximate surface area is 357 Å². The smallest absolute Gasteiger partial charge is 0.135 e. The molecule has 0 atom stereocenters. The van der Waals surface area contributed by atoms with Gasteiger partial charge in [-0.15, -0.1) is 0 Å². The van der Waals surface area contributed by atoms with Crippen molar-refractivity contribution in [1.82, 2.24) is 9.13 Å². The van der Waals surface area contributed by atoms with Gasteiger partial charge in [0, 0.05) is 60.8 Å². The van der Waals surface area contributed by atoms with Crippen molar-refractivity contribution in [2.24, 2.45) is 0 Å². The zero-order valence-electron chi connectivity index (χ0n) is 33.6. The van der Waals surface area contributed by atoms with Gasteiger partial charge in [-0.25, -0.2) is 0 Å². The van der Waals surface area contributed by atoms with Gasteiger partial charge in [-0.3, -0.25) is 0 Å².